The first-order valence-corrected chi connectivity index (χ1v) is 7.93. The number of hydrogen-bond donors (Lipinski definition) is 2. The average Bonchev–Trinajstić information content (AvgIpc) is 3.08. The van der Waals surface area contributed by atoms with Gasteiger partial charge in [0.2, 0.25) is 5.91 Å². The Labute approximate surface area is 148 Å². The van der Waals surface area contributed by atoms with Crippen molar-refractivity contribution < 1.29 is 23.3 Å². The number of amides is 4. The molecule has 0 bridgehead atoms. The molecule has 0 unspecified atom stereocenters. The first-order chi connectivity index (χ1) is 12.3. The van der Waals surface area contributed by atoms with Crippen molar-refractivity contribution in [3.05, 3.63) is 47.5 Å². The summed E-state index contributed by atoms with van der Waals surface area (Å²) in [6.07, 6.45) is -0.0927. The lowest BCUT2D eigenvalue weighted by Gasteiger charge is -2.22. The highest BCUT2D eigenvalue weighted by Crippen LogP contribution is 2.29. The zero-order valence-corrected chi connectivity index (χ0v) is 14.2. The van der Waals surface area contributed by atoms with E-state index in [4.69, 9.17) is 4.52 Å². The first-order valence-electron chi connectivity index (χ1n) is 7.93. The van der Waals surface area contributed by atoms with E-state index in [1.54, 1.807) is 19.9 Å². The predicted molar refractivity (Wildman–Crippen MR) is 88.5 cm³/mol. The van der Waals surface area contributed by atoms with Gasteiger partial charge in [-0.15, -0.1) is 0 Å². The topological polar surface area (TPSA) is 105 Å². The molecule has 2 aromatic rings. The Bertz CT molecular complexity index is 864. The number of nitrogens with zero attached hydrogens (tertiary/aromatic N) is 2. The Kier molecular flexibility index (Phi) is 4.45. The Morgan fingerprint density at radius 1 is 1.35 bits per heavy atom. The molecule has 26 heavy (non-hydrogen) atoms. The summed E-state index contributed by atoms with van der Waals surface area (Å²) < 4.78 is 17.9. The fraction of sp³-hybridized carbons (Fsp3) is 0.294. The van der Waals surface area contributed by atoms with Gasteiger partial charge in [0.15, 0.2) is 5.82 Å². The third kappa shape index (κ3) is 3.28. The smallest absolute Gasteiger partial charge is 0.325 e. The second-order valence-electron chi connectivity index (χ2n) is 6.14. The lowest BCUT2D eigenvalue weighted by Crippen LogP contribution is -2.41. The highest BCUT2D eigenvalue weighted by molar-refractivity contribution is 6.07. The Hall–Kier alpha value is -3.23. The van der Waals surface area contributed by atoms with Crippen molar-refractivity contribution in [3.63, 3.8) is 0 Å². The molecular weight excluding hydrogens is 343 g/mol. The van der Waals surface area contributed by atoms with Crippen molar-refractivity contribution in [2.75, 3.05) is 11.9 Å². The van der Waals surface area contributed by atoms with E-state index in [9.17, 15) is 18.8 Å². The van der Waals surface area contributed by atoms with Crippen molar-refractivity contribution in [1.29, 1.82) is 0 Å². The van der Waals surface area contributed by atoms with E-state index in [2.05, 4.69) is 15.8 Å². The molecule has 4 amide bonds. The molecule has 2 N–H and O–H groups in total. The van der Waals surface area contributed by atoms with Gasteiger partial charge in [-0.2, -0.15) is 0 Å². The van der Waals surface area contributed by atoms with Crippen LogP contribution in [0.15, 0.2) is 34.9 Å². The maximum atomic E-state index is 13.1. The van der Waals surface area contributed by atoms with Crippen molar-refractivity contribution in [2.24, 2.45) is 0 Å². The van der Waals surface area contributed by atoms with E-state index in [1.165, 1.54) is 24.3 Å². The van der Waals surface area contributed by atoms with Crippen LogP contribution in [0.5, 0.6) is 0 Å². The molecule has 3 rings (SSSR count). The summed E-state index contributed by atoms with van der Waals surface area (Å²) >= 11 is 0. The number of urea groups is 1. The van der Waals surface area contributed by atoms with Crippen LogP contribution >= 0.6 is 0 Å². The van der Waals surface area contributed by atoms with E-state index >= 15 is 0 Å². The molecular formula is C17H17FN4O4. The minimum atomic E-state index is -1.30. The van der Waals surface area contributed by atoms with Gasteiger partial charge in [0.1, 0.15) is 17.1 Å². The van der Waals surface area contributed by atoms with Gasteiger partial charge in [-0.1, -0.05) is 17.3 Å². The fourth-order valence-electron chi connectivity index (χ4n) is 2.72. The van der Waals surface area contributed by atoms with Crippen molar-refractivity contribution in [2.45, 2.75) is 25.8 Å². The molecule has 1 aliphatic heterocycles. The fourth-order valence-corrected chi connectivity index (χ4v) is 2.72. The highest BCUT2D eigenvalue weighted by Gasteiger charge is 2.48. The third-order valence-electron chi connectivity index (χ3n) is 4.15. The molecule has 0 radical (unpaired) electrons. The molecule has 1 saturated heterocycles. The number of aryl methyl sites for hydroxylation is 1. The molecule has 1 aromatic heterocycles. The van der Waals surface area contributed by atoms with E-state index in [0.29, 0.717) is 11.3 Å². The molecule has 1 fully saturated rings. The predicted octanol–water partition coefficient (Wildman–Crippen LogP) is 1.92. The van der Waals surface area contributed by atoms with Gasteiger partial charge in [0.25, 0.3) is 5.91 Å². The summed E-state index contributed by atoms with van der Waals surface area (Å²) in [6.45, 7) is 3.13. The van der Waals surface area contributed by atoms with Gasteiger partial charge in [0, 0.05) is 19.0 Å². The van der Waals surface area contributed by atoms with Gasteiger partial charge >= 0.3 is 6.03 Å². The number of benzene rings is 1. The minimum Gasteiger partial charge on any atom is -0.360 e. The van der Waals surface area contributed by atoms with Gasteiger partial charge < -0.3 is 15.2 Å². The average molecular weight is 360 g/mol. The van der Waals surface area contributed by atoms with E-state index < -0.39 is 29.2 Å². The number of hydrogen-bond acceptors (Lipinski definition) is 5. The summed E-state index contributed by atoms with van der Waals surface area (Å²) in [5, 5.41) is 8.76. The van der Waals surface area contributed by atoms with Crippen LogP contribution in [0, 0.1) is 12.7 Å². The van der Waals surface area contributed by atoms with Crippen LogP contribution in [0.2, 0.25) is 0 Å². The molecule has 0 saturated carbocycles. The van der Waals surface area contributed by atoms with Crippen LogP contribution < -0.4 is 10.6 Å². The van der Waals surface area contributed by atoms with Crippen molar-refractivity contribution >= 4 is 23.7 Å². The second kappa shape index (κ2) is 6.58. The number of aromatic nitrogens is 1. The third-order valence-corrected chi connectivity index (χ3v) is 4.15. The maximum absolute atomic E-state index is 13.1. The van der Waals surface area contributed by atoms with Gasteiger partial charge in [-0.25, -0.2) is 9.18 Å². The molecule has 1 aliphatic rings. The van der Waals surface area contributed by atoms with Crippen LogP contribution in [0.25, 0.3) is 0 Å². The van der Waals surface area contributed by atoms with Crippen LogP contribution in [0.4, 0.5) is 15.0 Å². The van der Waals surface area contributed by atoms with E-state index in [-0.39, 0.29) is 18.8 Å². The molecule has 136 valence electrons. The summed E-state index contributed by atoms with van der Waals surface area (Å²) in [7, 11) is 0. The number of carbonyl (C=O) groups excluding carboxylic acids is 3. The van der Waals surface area contributed by atoms with Crippen LogP contribution in [0.3, 0.4) is 0 Å². The Morgan fingerprint density at radius 2 is 2.04 bits per heavy atom. The Morgan fingerprint density at radius 3 is 2.65 bits per heavy atom. The molecule has 8 nitrogen and oxygen atoms in total. The second-order valence-corrected chi connectivity index (χ2v) is 6.14. The largest absolute Gasteiger partial charge is 0.360 e. The number of anilines is 1. The maximum Gasteiger partial charge on any atom is 0.325 e. The lowest BCUT2D eigenvalue weighted by molar-refractivity contribution is -0.131. The van der Waals surface area contributed by atoms with Crippen LogP contribution in [-0.2, 0) is 15.1 Å². The first kappa shape index (κ1) is 17.6. The lowest BCUT2D eigenvalue weighted by atomic mass is 9.92. The van der Waals surface area contributed by atoms with Crippen molar-refractivity contribution in [1.82, 2.24) is 15.4 Å². The standard InChI is InChI=1S/C17H17FN4O4/c1-10-9-13(21-26-10)19-14(23)7-8-22-15(24)17(2,20-16(22)25)11-3-5-12(18)6-4-11/h3-6,9H,7-8H2,1-2H3,(H,20,25)(H,19,21,23)/t17-/m0/s1. The van der Waals surface area contributed by atoms with Gasteiger partial charge in [0.05, 0.1) is 0 Å². The Balaban J connectivity index is 1.65. The quantitative estimate of drug-likeness (QED) is 0.793. The van der Waals surface area contributed by atoms with Crippen molar-refractivity contribution in [3.8, 4) is 0 Å². The van der Waals surface area contributed by atoms with Gasteiger partial charge in [-0.3, -0.25) is 14.5 Å². The summed E-state index contributed by atoms with van der Waals surface area (Å²) in [5.74, 6) is -0.537. The summed E-state index contributed by atoms with van der Waals surface area (Å²) in [5.41, 5.74) is -0.841. The van der Waals surface area contributed by atoms with Gasteiger partial charge in [-0.05, 0) is 31.5 Å². The highest BCUT2D eigenvalue weighted by atomic mass is 19.1. The zero-order valence-electron chi connectivity index (χ0n) is 14.2. The monoisotopic (exact) mass is 360 g/mol. The minimum absolute atomic E-state index is 0.0927. The SMILES string of the molecule is Cc1cc(NC(=O)CCN2C(=O)N[C@@](C)(c3ccc(F)cc3)C2=O)no1. The summed E-state index contributed by atoms with van der Waals surface area (Å²) in [6, 6.07) is 6.27. The van der Waals surface area contributed by atoms with Crippen LogP contribution in [-0.4, -0.2) is 34.4 Å². The molecule has 0 aliphatic carbocycles. The van der Waals surface area contributed by atoms with E-state index in [1.807, 2.05) is 0 Å². The number of rotatable bonds is 5. The number of halogens is 1. The summed E-state index contributed by atoms with van der Waals surface area (Å²) in [4.78, 5) is 37.8. The number of imide groups is 1. The normalized spacial score (nSPS) is 19.6. The molecule has 1 aromatic carbocycles. The number of carbonyl (C=O) groups is 3. The molecule has 2 heterocycles. The number of nitrogens with one attached hydrogen (secondary N) is 2. The molecule has 0 spiro atoms. The van der Waals surface area contributed by atoms with E-state index in [0.717, 1.165) is 4.90 Å². The molecule has 1 atom stereocenters. The van der Waals surface area contributed by atoms with Crippen LogP contribution in [0.1, 0.15) is 24.7 Å². The zero-order chi connectivity index (χ0) is 18.9. The molecule has 9 heteroatoms.